The molecule has 0 saturated heterocycles. The summed E-state index contributed by atoms with van der Waals surface area (Å²) in [5.41, 5.74) is 0. The summed E-state index contributed by atoms with van der Waals surface area (Å²) in [5, 5.41) is 13.3. The highest BCUT2D eigenvalue weighted by atomic mass is 35.5. The van der Waals surface area contributed by atoms with Gasteiger partial charge in [-0.1, -0.05) is 18.5 Å². The molecule has 0 aliphatic rings. The summed E-state index contributed by atoms with van der Waals surface area (Å²) in [6.07, 6.45) is 0. The van der Waals surface area contributed by atoms with Crippen LogP contribution in [0.2, 0.25) is 5.02 Å². The highest BCUT2D eigenvalue weighted by molar-refractivity contribution is 7.12. The van der Waals surface area contributed by atoms with Crippen LogP contribution in [0.5, 0.6) is 0 Å². The van der Waals surface area contributed by atoms with Gasteiger partial charge in [0.2, 0.25) is 0 Å². The number of hydrogen-bond acceptors (Lipinski definition) is 3. The largest absolute Gasteiger partial charge is 0.481 e. The highest BCUT2D eigenvalue weighted by Gasteiger charge is 2.13. The van der Waals surface area contributed by atoms with Crippen LogP contribution in [0.25, 0.3) is 0 Å². The lowest BCUT2D eigenvalue weighted by Crippen LogP contribution is -2.30. The Kier molecular flexibility index (Phi) is 4.11. The number of aliphatic carboxylic acids is 1. The standard InChI is InChI=1S/C9H10ClNO3S/c1-5(9(13)14)3-11-8(12)7-2-6(10)4-15-7/h2,4-5H,3H2,1H3,(H,11,12)(H,13,14). The number of halogens is 1. The molecule has 0 aromatic carbocycles. The highest BCUT2D eigenvalue weighted by Crippen LogP contribution is 2.18. The number of carboxylic acids is 1. The van der Waals surface area contributed by atoms with E-state index in [1.165, 1.54) is 18.3 Å². The number of carboxylic acid groups (broad SMARTS) is 1. The zero-order chi connectivity index (χ0) is 11.4. The third-order valence-electron chi connectivity index (χ3n) is 1.78. The van der Waals surface area contributed by atoms with Crippen LogP contribution in [-0.4, -0.2) is 23.5 Å². The molecular weight excluding hydrogens is 238 g/mol. The van der Waals surface area contributed by atoms with Crippen molar-refractivity contribution in [2.75, 3.05) is 6.54 Å². The Labute approximate surface area is 95.9 Å². The van der Waals surface area contributed by atoms with Crippen LogP contribution in [0.4, 0.5) is 0 Å². The molecule has 82 valence electrons. The number of amides is 1. The molecule has 1 atom stereocenters. The number of hydrogen-bond donors (Lipinski definition) is 2. The van der Waals surface area contributed by atoms with Gasteiger partial charge >= 0.3 is 5.97 Å². The first kappa shape index (κ1) is 12.0. The maximum absolute atomic E-state index is 11.4. The molecule has 0 aliphatic carbocycles. The van der Waals surface area contributed by atoms with Crippen LogP contribution in [0.1, 0.15) is 16.6 Å². The van der Waals surface area contributed by atoms with Gasteiger partial charge in [-0.3, -0.25) is 9.59 Å². The van der Waals surface area contributed by atoms with Gasteiger partial charge in [0.05, 0.1) is 15.8 Å². The Hall–Kier alpha value is -1.07. The fraction of sp³-hybridized carbons (Fsp3) is 0.333. The minimum Gasteiger partial charge on any atom is -0.481 e. The van der Waals surface area contributed by atoms with Gasteiger partial charge in [0, 0.05) is 11.9 Å². The first-order valence-electron chi connectivity index (χ1n) is 4.25. The molecule has 0 fully saturated rings. The van der Waals surface area contributed by atoms with E-state index in [1.807, 2.05) is 0 Å². The van der Waals surface area contributed by atoms with E-state index in [0.29, 0.717) is 9.90 Å². The molecule has 1 aromatic heterocycles. The predicted octanol–water partition coefficient (Wildman–Crippen LogP) is 1.85. The third-order valence-corrected chi connectivity index (χ3v) is 3.06. The van der Waals surface area contributed by atoms with E-state index in [4.69, 9.17) is 16.7 Å². The lowest BCUT2D eigenvalue weighted by molar-refractivity contribution is -0.140. The number of thiophene rings is 1. The molecule has 15 heavy (non-hydrogen) atoms. The Bertz CT molecular complexity index is 377. The van der Waals surface area contributed by atoms with Crippen molar-refractivity contribution in [3.63, 3.8) is 0 Å². The molecule has 0 aliphatic heterocycles. The summed E-state index contributed by atoms with van der Waals surface area (Å²) in [6.45, 7) is 1.65. The van der Waals surface area contributed by atoms with Gasteiger partial charge in [-0.15, -0.1) is 11.3 Å². The van der Waals surface area contributed by atoms with Gasteiger partial charge in [-0.2, -0.15) is 0 Å². The Morgan fingerprint density at radius 1 is 1.67 bits per heavy atom. The molecule has 6 heteroatoms. The molecule has 4 nitrogen and oxygen atoms in total. The average molecular weight is 248 g/mol. The number of nitrogens with one attached hydrogen (secondary N) is 1. The summed E-state index contributed by atoms with van der Waals surface area (Å²) >= 11 is 6.88. The molecule has 2 N–H and O–H groups in total. The van der Waals surface area contributed by atoms with Crippen LogP contribution in [-0.2, 0) is 4.79 Å². The van der Waals surface area contributed by atoms with Crippen molar-refractivity contribution in [3.8, 4) is 0 Å². The molecule has 0 bridgehead atoms. The molecule has 0 radical (unpaired) electrons. The predicted molar refractivity (Wildman–Crippen MR) is 58.5 cm³/mol. The smallest absolute Gasteiger partial charge is 0.308 e. The van der Waals surface area contributed by atoms with Crippen molar-refractivity contribution in [2.45, 2.75) is 6.92 Å². The number of rotatable bonds is 4. The molecular formula is C9H10ClNO3S. The molecule has 0 spiro atoms. The Balaban J connectivity index is 2.47. The second-order valence-corrected chi connectivity index (χ2v) is 4.43. The quantitative estimate of drug-likeness (QED) is 0.853. The summed E-state index contributed by atoms with van der Waals surface area (Å²) in [4.78, 5) is 22.4. The van der Waals surface area contributed by atoms with E-state index in [2.05, 4.69) is 5.32 Å². The number of carbonyl (C=O) groups is 2. The van der Waals surface area contributed by atoms with Gasteiger partial charge < -0.3 is 10.4 Å². The minimum absolute atomic E-state index is 0.115. The summed E-state index contributed by atoms with van der Waals surface area (Å²) < 4.78 is 0. The summed E-state index contributed by atoms with van der Waals surface area (Å²) in [6, 6.07) is 1.55. The molecule has 1 rings (SSSR count). The van der Waals surface area contributed by atoms with Crippen molar-refractivity contribution in [3.05, 3.63) is 21.3 Å². The maximum atomic E-state index is 11.4. The number of carbonyl (C=O) groups excluding carboxylic acids is 1. The van der Waals surface area contributed by atoms with Crippen molar-refractivity contribution in [2.24, 2.45) is 5.92 Å². The van der Waals surface area contributed by atoms with Crippen LogP contribution < -0.4 is 5.32 Å². The van der Waals surface area contributed by atoms with Gasteiger partial charge in [0.1, 0.15) is 0 Å². The normalized spacial score (nSPS) is 12.1. The third kappa shape index (κ3) is 3.53. The fourth-order valence-corrected chi connectivity index (χ4v) is 1.84. The second kappa shape index (κ2) is 5.14. The van der Waals surface area contributed by atoms with Gasteiger partial charge in [-0.25, -0.2) is 0 Å². The van der Waals surface area contributed by atoms with E-state index in [1.54, 1.807) is 11.4 Å². The first-order valence-corrected chi connectivity index (χ1v) is 5.51. The average Bonchev–Trinajstić information content (AvgIpc) is 2.60. The summed E-state index contributed by atoms with van der Waals surface area (Å²) in [5.74, 6) is -1.82. The van der Waals surface area contributed by atoms with E-state index < -0.39 is 11.9 Å². The van der Waals surface area contributed by atoms with Crippen LogP contribution in [0.3, 0.4) is 0 Å². The van der Waals surface area contributed by atoms with Crippen molar-refractivity contribution in [1.29, 1.82) is 0 Å². The summed E-state index contributed by atoms with van der Waals surface area (Å²) in [7, 11) is 0. The lowest BCUT2D eigenvalue weighted by Gasteiger charge is -2.06. The zero-order valence-electron chi connectivity index (χ0n) is 7.99. The van der Waals surface area contributed by atoms with Crippen molar-refractivity contribution < 1.29 is 14.7 Å². The van der Waals surface area contributed by atoms with Crippen LogP contribution >= 0.6 is 22.9 Å². The SMILES string of the molecule is CC(CNC(=O)c1cc(Cl)cs1)C(=O)O. The molecule has 1 amide bonds. The van der Waals surface area contributed by atoms with Gasteiger partial charge in [-0.05, 0) is 6.07 Å². The van der Waals surface area contributed by atoms with Crippen molar-refractivity contribution >= 4 is 34.8 Å². The topological polar surface area (TPSA) is 66.4 Å². The molecule has 1 heterocycles. The first-order chi connectivity index (χ1) is 7.00. The van der Waals surface area contributed by atoms with Crippen LogP contribution in [0, 0.1) is 5.92 Å². The molecule has 1 aromatic rings. The minimum atomic E-state index is -0.931. The molecule has 0 saturated carbocycles. The molecule has 1 unspecified atom stereocenters. The van der Waals surface area contributed by atoms with E-state index in [9.17, 15) is 9.59 Å². The monoisotopic (exact) mass is 247 g/mol. The Morgan fingerprint density at radius 2 is 2.33 bits per heavy atom. The van der Waals surface area contributed by atoms with E-state index >= 15 is 0 Å². The lowest BCUT2D eigenvalue weighted by atomic mass is 10.2. The van der Waals surface area contributed by atoms with Gasteiger partial charge in [0.15, 0.2) is 0 Å². The second-order valence-electron chi connectivity index (χ2n) is 3.08. The maximum Gasteiger partial charge on any atom is 0.308 e. The fourth-order valence-electron chi connectivity index (χ4n) is 0.852. The zero-order valence-corrected chi connectivity index (χ0v) is 9.56. The van der Waals surface area contributed by atoms with Gasteiger partial charge in [0.25, 0.3) is 5.91 Å². The van der Waals surface area contributed by atoms with Crippen molar-refractivity contribution in [1.82, 2.24) is 5.32 Å². The van der Waals surface area contributed by atoms with E-state index in [-0.39, 0.29) is 12.5 Å². The Morgan fingerprint density at radius 3 is 2.80 bits per heavy atom. The van der Waals surface area contributed by atoms with E-state index in [0.717, 1.165) is 0 Å². The van der Waals surface area contributed by atoms with Crippen LogP contribution in [0.15, 0.2) is 11.4 Å².